The van der Waals surface area contributed by atoms with E-state index >= 15 is 0 Å². The van der Waals surface area contributed by atoms with E-state index in [2.05, 4.69) is 15.3 Å². The number of halogens is 3. The molecule has 0 atom stereocenters. The molecule has 0 aliphatic heterocycles. The lowest BCUT2D eigenvalue weighted by molar-refractivity contribution is -0.144. The summed E-state index contributed by atoms with van der Waals surface area (Å²) < 4.78 is 66.0. The minimum absolute atomic E-state index is 0.0106. The van der Waals surface area contributed by atoms with Crippen LogP contribution in [0, 0.1) is 0 Å². The molecule has 0 unspecified atom stereocenters. The van der Waals surface area contributed by atoms with Crippen molar-refractivity contribution in [2.75, 3.05) is 18.9 Å². The van der Waals surface area contributed by atoms with Crippen LogP contribution in [0.15, 0.2) is 53.4 Å². The van der Waals surface area contributed by atoms with Gasteiger partial charge in [0.2, 0.25) is 15.8 Å². The summed E-state index contributed by atoms with van der Waals surface area (Å²) in [5, 5.41) is 3.26. The summed E-state index contributed by atoms with van der Waals surface area (Å²) in [6.07, 6.45) is -3.07. The topological polar surface area (TPSA) is 75.2 Å². The monoisotopic (exact) mass is 438 g/mol. The standard InChI is InChI=1S/C20H21F3N4O2S/c1-3-4-13-27(2)30(28,29)15-11-9-14(10-12-15)24-18-16-7-5-6-8-17(16)25-19(26-18)20(21,22)23/h5-12H,3-4,13H2,1-2H3,(H,24,25,26). The molecular formula is C20H21F3N4O2S. The zero-order valence-corrected chi connectivity index (χ0v) is 17.3. The second-order valence-electron chi connectivity index (χ2n) is 6.74. The minimum Gasteiger partial charge on any atom is -0.340 e. The largest absolute Gasteiger partial charge is 0.451 e. The molecule has 3 aromatic rings. The van der Waals surface area contributed by atoms with Gasteiger partial charge in [0.25, 0.3) is 0 Å². The predicted octanol–water partition coefficient (Wildman–Crippen LogP) is 4.81. The number of sulfonamides is 1. The highest BCUT2D eigenvalue weighted by atomic mass is 32.2. The highest BCUT2D eigenvalue weighted by Gasteiger charge is 2.35. The number of anilines is 2. The van der Waals surface area contributed by atoms with Crippen LogP contribution in [-0.4, -0.2) is 36.3 Å². The first-order valence-electron chi connectivity index (χ1n) is 9.30. The van der Waals surface area contributed by atoms with Crippen molar-refractivity contribution in [1.82, 2.24) is 14.3 Å². The molecule has 3 rings (SSSR count). The lowest BCUT2D eigenvalue weighted by Crippen LogP contribution is -2.27. The van der Waals surface area contributed by atoms with Crippen LogP contribution >= 0.6 is 0 Å². The average Bonchev–Trinajstić information content (AvgIpc) is 2.71. The van der Waals surface area contributed by atoms with Gasteiger partial charge in [0, 0.05) is 24.7 Å². The number of hydrogen-bond donors (Lipinski definition) is 1. The fraction of sp³-hybridized carbons (Fsp3) is 0.300. The molecule has 0 saturated carbocycles. The van der Waals surface area contributed by atoms with Crippen LogP contribution in [-0.2, 0) is 16.2 Å². The van der Waals surface area contributed by atoms with Gasteiger partial charge in [0.15, 0.2) is 0 Å². The van der Waals surface area contributed by atoms with Crippen molar-refractivity contribution in [2.45, 2.75) is 30.8 Å². The van der Waals surface area contributed by atoms with Crippen molar-refractivity contribution < 1.29 is 21.6 Å². The van der Waals surface area contributed by atoms with Crippen molar-refractivity contribution in [2.24, 2.45) is 0 Å². The molecule has 1 aromatic heterocycles. The van der Waals surface area contributed by atoms with E-state index in [0.29, 0.717) is 17.6 Å². The van der Waals surface area contributed by atoms with Crippen LogP contribution in [0.25, 0.3) is 10.9 Å². The fourth-order valence-electron chi connectivity index (χ4n) is 2.83. The predicted molar refractivity (Wildman–Crippen MR) is 109 cm³/mol. The van der Waals surface area contributed by atoms with Crippen LogP contribution in [0.5, 0.6) is 0 Å². The molecule has 0 bridgehead atoms. The van der Waals surface area contributed by atoms with Crippen LogP contribution in [0.3, 0.4) is 0 Å². The molecule has 10 heteroatoms. The van der Waals surface area contributed by atoms with E-state index in [-0.39, 0.29) is 16.2 Å². The van der Waals surface area contributed by atoms with Gasteiger partial charge in [-0.2, -0.15) is 13.2 Å². The summed E-state index contributed by atoms with van der Waals surface area (Å²) in [5.41, 5.74) is 0.557. The molecule has 6 nitrogen and oxygen atoms in total. The zero-order chi connectivity index (χ0) is 21.9. The van der Waals surface area contributed by atoms with E-state index in [1.54, 1.807) is 18.2 Å². The van der Waals surface area contributed by atoms with Gasteiger partial charge >= 0.3 is 6.18 Å². The number of benzene rings is 2. The highest BCUT2D eigenvalue weighted by molar-refractivity contribution is 7.89. The number of nitrogens with zero attached hydrogens (tertiary/aromatic N) is 3. The van der Waals surface area contributed by atoms with Gasteiger partial charge in [-0.15, -0.1) is 0 Å². The van der Waals surface area contributed by atoms with E-state index < -0.39 is 22.0 Å². The molecule has 0 radical (unpaired) electrons. The van der Waals surface area contributed by atoms with Crippen molar-refractivity contribution in [1.29, 1.82) is 0 Å². The summed E-state index contributed by atoms with van der Waals surface area (Å²) in [4.78, 5) is 7.31. The Morgan fingerprint density at radius 2 is 1.70 bits per heavy atom. The second kappa shape index (κ2) is 8.57. The number of nitrogens with one attached hydrogen (secondary N) is 1. The van der Waals surface area contributed by atoms with Crippen LogP contribution < -0.4 is 5.32 Å². The molecule has 2 aromatic carbocycles. The van der Waals surface area contributed by atoms with E-state index in [0.717, 1.165) is 12.8 Å². The molecule has 1 heterocycles. The molecule has 0 spiro atoms. The van der Waals surface area contributed by atoms with Gasteiger partial charge in [-0.1, -0.05) is 25.5 Å². The molecule has 0 aliphatic carbocycles. The van der Waals surface area contributed by atoms with E-state index in [4.69, 9.17) is 0 Å². The van der Waals surface area contributed by atoms with E-state index in [1.807, 2.05) is 6.92 Å². The van der Waals surface area contributed by atoms with Gasteiger partial charge in [-0.05, 0) is 42.8 Å². The van der Waals surface area contributed by atoms with Crippen LogP contribution in [0.1, 0.15) is 25.6 Å². The van der Waals surface area contributed by atoms with Gasteiger partial charge in [-0.3, -0.25) is 0 Å². The minimum atomic E-state index is -4.69. The number of hydrogen-bond acceptors (Lipinski definition) is 5. The number of alkyl halides is 3. The summed E-state index contributed by atoms with van der Waals surface area (Å²) >= 11 is 0. The molecule has 160 valence electrons. The van der Waals surface area contributed by atoms with Gasteiger partial charge in [0.05, 0.1) is 10.4 Å². The number of fused-ring (bicyclic) bond motifs is 1. The van der Waals surface area contributed by atoms with Crippen LogP contribution in [0.4, 0.5) is 24.7 Å². The van der Waals surface area contributed by atoms with Crippen LogP contribution in [0.2, 0.25) is 0 Å². The third-order valence-electron chi connectivity index (χ3n) is 4.51. The van der Waals surface area contributed by atoms with Gasteiger partial charge < -0.3 is 5.32 Å². The Morgan fingerprint density at radius 1 is 1.03 bits per heavy atom. The molecule has 0 saturated heterocycles. The normalized spacial score (nSPS) is 12.5. The summed E-state index contributed by atoms with van der Waals surface area (Å²) in [6, 6.07) is 12.1. The lowest BCUT2D eigenvalue weighted by atomic mass is 10.2. The Bertz CT molecular complexity index is 1130. The number of para-hydroxylation sites is 1. The molecule has 1 N–H and O–H groups in total. The fourth-order valence-corrected chi connectivity index (χ4v) is 4.04. The Balaban J connectivity index is 1.91. The number of unbranched alkanes of at least 4 members (excludes halogenated alkanes) is 1. The van der Waals surface area contributed by atoms with Gasteiger partial charge in [0.1, 0.15) is 5.82 Å². The maximum absolute atomic E-state index is 13.2. The summed E-state index contributed by atoms with van der Waals surface area (Å²) in [6.45, 7) is 2.38. The Morgan fingerprint density at radius 3 is 2.33 bits per heavy atom. The third-order valence-corrected chi connectivity index (χ3v) is 6.38. The maximum Gasteiger partial charge on any atom is 0.451 e. The molecule has 0 amide bonds. The highest BCUT2D eigenvalue weighted by Crippen LogP contribution is 2.31. The zero-order valence-electron chi connectivity index (χ0n) is 16.4. The first-order chi connectivity index (χ1) is 14.1. The quantitative estimate of drug-likeness (QED) is 0.573. The summed E-state index contributed by atoms with van der Waals surface area (Å²) in [7, 11) is -2.11. The number of aromatic nitrogens is 2. The smallest absolute Gasteiger partial charge is 0.340 e. The molecular weight excluding hydrogens is 417 g/mol. The Labute approximate surface area is 172 Å². The van der Waals surface area contributed by atoms with E-state index in [9.17, 15) is 21.6 Å². The van der Waals surface area contributed by atoms with Crippen molar-refractivity contribution >= 4 is 32.4 Å². The Hall–Kier alpha value is -2.72. The van der Waals surface area contributed by atoms with Gasteiger partial charge in [-0.25, -0.2) is 22.7 Å². The SMILES string of the molecule is CCCCN(C)S(=O)(=O)c1ccc(Nc2nc(C(F)(F)F)nc3ccccc23)cc1. The number of rotatable bonds is 7. The lowest BCUT2D eigenvalue weighted by Gasteiger charge is -2.17. The molecule has 30 heavy (non-hydrogen) atoms. The molecule has 0 fully saturated rings. The third kappa shape index (κ3) is 4.71. The first-order valence-corrected chi connectivity index (χ1v) is 10.7. The second-order valence-corrected chi connectivity index (χ2v) is 8.79. The maximum atomic E-state index is 13.2. The molecule has 0 aliphatic rings. The van der Waals surface area contributed by atoms with Crippen molar-refractivity contribution in [3.63, 3.8) is 0 Å². The average molecular weight is 438 g/mol. The van der Waals surface area contributed by atoms with Crippen molar-refractivity contribution in [3.8, 4) is 0 Å². The van der Waals surface area contributed by atoms with E-state index in [1.165, 1.54) is 41.7 Å². The first kappa shape index (κ1) is 22.0. The Kier molecular flexibility index (Phi) is 6.27. The van der Waals surface area contributed by atoms with Crippen molar-refractivity contribution in [3.05, 3.63) is 54.4 Å². The summed E-state index contributed by atoms with van der Waals surface area (Å²) in [5.74, 6) is -1.26.